The van der Waals surface area contributed by atoms with Crippen molar-refractivity contribution >= 4 is 0 Å². The monoisotopic (exact) mass is 524 g/mol. The molecule has 4 rings (SSSR count). The number of aromatic nitrogens is 6. The number of nitrogens with zero attached hydrogens (tertiary/aromatic N) is 6. The van der Waals surface area contributed by atoms with E-state index in [-0.39, 0.29) is 11.1 Å². The van der Waals surface area contributed by atoms with Gasteiger partial charge in [0.2, 0.25) is 0 Å². The molecule has 3 aromatic heterocycles. The van der Waals surface area contributed by atoms with Crippen LogP contribution in [0.1, 0.15) is 22.4 Å². The summed E-state index contributed by atoms with van der Waals surface area (Å²) >= 11 is 0. The van der Waals surface area contributed by atoms with Gasteiger partial charge in [-0.2, -0.15) is 22.0 Å². The van der Waals surface area contributed by atoms with Crippen LogP contribution in [-0.4, -0.2) is 41.0 Å². The molecule has 0 spiro atoms. The van der Waals surface area contributed by atoms with Crippen molar-refractivity contribution in [2.24, 2.45) is 0 Å². The molecular weight excluding hydrogens is 509 g/mol. The van der Waals surface area contributed by atoms with Gasteiger partial charge >= 0.3 is 12.1 Å². The van der Waals surface area contributed by atoms with Gasteiger partial charge in [0.15, 0.2) is 5.60 Å². The Bertz CT molecular complexity index is 1440. The number of benzene rings is 1. The van der Waals surface area contributed by atoms with Crippen molar-refractivity contribution in [2.45, 2.75) is 30.8 Å². The van der Waals surface area contributed by atoms with Crippen molar-refractivity contribution in [2.75, 3.05) is 0 Å². The first-order valence-corrected chi connectivity index (χ1v) is 10.3. The lowest BCUT2D eigenvalue weighted by molar-refractivity contribution is -0.207. The largest absolute Gasteiger partial charge is 0.406 e. The summed E-state index contributed by atoms with van der Waals surface area (Å²) in [5.41, 5.74) is -4.78. The first kappa shape index (κ1) is 25.8. The van der Waals surface area contributed by atoms with E-state index in [1.165, 1.54) is 18.5 Å². The van der Waals surface area contributed by atoms with Gasteiger partial charge in [0.05, 0.1) is 6.54 Å². The van der Waals surface area contributed by atoms with Crippen molar-refractivity contribution in [3.05, 3.63) is 95.3 Å². The Morgan fingerprint density at radius 3 is 2.30 bits per heavy atom. The van der Waals surface area contributed by atoms with Gasteiger partial charge in [-0.05, 0) is 40.8 Å². The minimum absolute atomic E-state index is 0.139. The fraction of sp³-hybridized carbons (Fsp3) is 0.217. The fourth-order valence-electron chi connectivity index (χ4n) is 3.50. The van der Waals surface area contributed by atoms with Crippen LogP contribution >= 0.6 is 0 Å². The molecule has 1 N–H and O–H groups in total. The summed E-state index contributed by atoms with van der Waals surface area (Å²) in [5.74, 6) is -1.51. The number of tetrazole rings is 1. The van der Waals surface area contributed by atoms with E-state index in [4.69, 9.17) is 0 Å². The predicted octanol–water partition coefficient (Wildman–Crippen LogP) is 3.79. The second-order valence-electron chi connectivity index (χ2n) is 7.94. The third-order valence-electron chi connectivity index (χ3n) is 5.23. The zero-order valence-corrected chi connectivity index (χ0v) is 18.5. The van der Waals surface area contributed by atoms with Crippen LogP contribution in [-0.2, 0) is 24.6 Å². The molecule has 1 atom stereocenters. The van der Waals surface area contributed by atoms with Crippen molar-refractivity contribution < 1.29 is 35.8 Å². The van der Waals surface area contributed by atoms with Gasteiger partial charge in [-0.3, -0.25) is 4.98 Å². The molecule has 0 aliphatic carbocycles. The number of alkyl halides is 5. The number of rotatable bonds is 6. The Labute approximate surface area is 204 Å². The molecule has 1 unspecified atom stereocenters. The molecule has 3 heterocycles. The minimum atomic E-state index is -4.40. The molecule has 192 valence electrons. The Kier molecular flexibility index (Phi) is 6.74. The normalized spacial score (nSPS) is 13.6. The maximum Gasteiger partial charge on any atom is 0.406 e. The Hall–Kier alpha value is -4.25. The Balaban J connectivity index is 1.64. The highest BCUT2D eigenvalue weighted by Crippen LogP contribution is 2.46. The number of pyridine rings is 1. The number of halogens is 7. The fourth-order valence-corrected chi connectivity index (χ4v) is 3.50. The first-order valence-electron chi connectivity index (χ1n) is 10.3. The highest BCUT2D eigenvalue weighted by Gasteiger charge is 2.58. The van der Waals surface area contributed by atoms with E-state index < -0.39 is 53.7 Å². The van der Waals surface area contributed by atoms with E-state index >= 15 is 8.78 Å². The molecule has 0 fully saturated rings. The summed E-state index contributed by atoms with van der Waals surface area (Å²) in [7, 11) is 0. The van der Waals surface area contributed by atoms with Crippen LogP contribution in [0, 0.1) is 23.5 Å². The summed E-state index contributed by atoms with van der Waals surface area (Å²) in [6, 6.07) is 5.11. The average molecular weight is 524 g/mol. The van der Waals surface area contributed by atoms with Crippen LogP contribution in [0.2, 0.25) is 0 Å². The van der Waals surface area contributed by atoms with Crippen molar-refractivity contribution in [1.29, 1.82) is 0 Å². The summed E-state index contributed by atoms with van der Waals surface area (Å²) in [5, 5.41) is 21.2. The number of hydrogen-bond acceptors (Lipinski definition) is 5. The number of aliphatic hydroxyl groups is 1. The quantitative estimate of drug-likeness (QED) is 0.307. The van der Waals surface area contributed by atoms with Crippen molar-refractivity contribution in [3.63, 3.8) is 0 Å². The first-order chi connectivity index (χ1) is 17.4. The summed E-state index contributed by atoms with van der Waals surface area (Å²) in [4.78, 5) is 3.66. The van der Waals surface area contributed by atoms with E-state index in [1.54, 1.807) is 0 Å². The number of hydrogen-bond donors (Lipinski definition) is 1. The van der Waals surface area contributed by atoms with Crippen LogP contribution in [0.3, 0.4) is 0 Å². The standard InChI is InChI=1S/C23H15F7N6O/c24-17-4-5-18(19(25)9-17)21(37,12-36-14-32-33-34-36)23(29,30)20-6-3-15(10-31-20)1-2-16-7-8-35(11-16)13-22(26,27)28/h3-11,14,37H,12-13H2. The van der Waals surface area contributed by atoms with Crippen LogP contribution < -0.4 is 0 Å². The lowest BCUT2D eigenvalue weighted by Crippen LogP contribution is -2.48. The molecular formula is C23H15F7N6O. The molecule has 4 aromatic rings. The SMILES string of the molecule is OC(Cn1cnnn1)(c1ccc(F)cc1F)C(F)(F)c1ccc(C#Cc2ccn(CC(F)(F)F)c2)cn1. The van der Waals surface area contributed by atoms with Gasteiger partial charge in [-0.25, -0.2) is 13.5 Å². The van der Waals surface area contributed by atoms with Crippen LogP contribution in [0.4, 0.5) is 30.7 Å². The second kappa shape index (κ2) is 9.66. The van der Waals surface area contributed by atoms with Gasteiger partial charge < -0.3 is 9.67 Å². The summed E-state index contributed by atoms with van der Waals surface area (Å²) in [6.45, 7) is -2.20. The van der Waals surface area contributed by atoms with Gasteiger partial charge in [0.25, 0.3) is 0 Å². The molecule has 0 aliphatic rings. The van der Waals surface area contributed by atoms with Crippen LogP contribution in [0.15, 0.2) is 61.3 Å². The second-order valence-corrected chi connectivity index (χ2v) is 7.94. The maximum absolute atomic E-state index is 15.7. The molecule has 0 saturated carbocycles. The maximum atomic E-state index is 15.7. The summed E-state index contributed by atoms with van der Waals surface area (Å²) in [6.07, 6.45) is -0.151. The van der Waals surface area contributed by atoms with Crippen LogP contribution in [0.5, 0.6) is 0 Å². The lowest BCUT2D eigenvalue weighted by Gasteiger charge is -2.35. The van der Waals surface area contributed by atoms with Gasteiger partial charge in [-0.15, -0.1) is 5.10 Å². The Morgan fingerprint density at radius 2 is 1.68 bits per heavy atom. The predicted molar refractivity (Wildman–Crippen MR) is 113 cm³/mol. The van der Waals surface area contributed by atoms with E-state index in [1.807, 2.05) is 0 Å². The molecule has 0 aliphatic heterocycles. The lowest BCUT2D eigenvalue weighted by atomic mass is 9.84. The highest BCUT2D eigenvalue weighted by molar-refractivity contribution is 5.42. The zero-order valence-electron chi connectivity index (χ0n) is 18.5. The molecule has 0 amide bonds. The van der Waals surface area contributed by atoms with Gasteiger partial charge in [0, 0.05) is 41.3 Å². The van der Waals surface area contributed by atoms with Gasteiger partial charge in [-0.1, -0.05) is 11.8 Å². The molecule has 7 nitrogen and oxygen atoms in total. The summed E-state index contributed by atoms with van der Waals surface area (Å²) < 4.78 is 98.4. The van der Waals surface area contributed by atoms with Crippen molar-refractivity contribution in [1.82, 2.24) is 29.8 Å². The molecule has 1 aromatic carbocycles. The molecule has 0 radical (unpaired) electrons. The third kappa shape index (κ3) is 5.61. The average Bonchev–Trinajstić information content (AvgIpc) is 3.48. The van der Waals surface area contributed by atoms with Crippen LogP contribution in [0.25, 0.3) is 0 Å². The van der Waals surface area contributed by atoms with Gasteiger partial charge in [0.1, 0.15) is 30.2 Å². The molecule has 37 heavy (non-hydrogen) atoms. The Morgan fingerprint density at radius 1 is 0.919 bits per heavy atom. The topological polar surface area (TPSA) is 81.6 Å². The molecule has 0 saturated heterocycles. The van der Waals surface area contributed by atoms with E-state index in [9.17, 15) is 27.1 Å². The van der Waals surface area contributed by atoms with E-state index in [0.29, 0.717) is 18.2 Å². The zero-order chi connectivity index (χ0) is 26.8. The smallest absolute Gasteiger partial charge is 0.377 e. The highest BCUT2D eigenvalue weighted by atomic mass is 19.4. The third-order valence-corrected chi connectivity index (χ3v) is 5.23. The minimum Gasteiger partial charge on any atom is -0.377 e. The van der Waals surface area contributed by atoms with Crippen molar-refractivity contribution in [3.8, 4) is 11.8 Å². The molecule has 0 bridgehead atoms. The van der Waals surface area contributed by atoms with E-state index in [2.05, 4.69) is 32.4 Å². The molecule has 14 heteroatoms. The van der Waals surface area contributed by atoms with E-state index in [0.717, 1.165) is 33.9 Å².